The molecule has 172 valence electrons. The molecule has 2 unspecified atom stereocenters. The topological polar surface area (TPSA) is 128 Å². The van der Waals surface area contributed by atoms with Crippen LogP contribution in [0.4, 0.5) is 5.82 Å². The van der Waals surface area contributed by atoms with E-state index in [2.05, 4.69) is 27.2 Å². The molecule has 0 bridgehead atoms. The lowest BCUT2D eigenvalue weighted by Gasteiger charge is -2.16. The molecule has 0 saturated heterocycles. The van der Waals surface area contributed by atoms with Gasteiger partial charge in [0, 0.05) is 42.2 Å². The summed E-state index contributed by atoms with van der Waals surface area (Å²) in [6.07, 6.45) is 7.59. The van der Waals surface area contributed by atoms with Crippen molar-refractivity contribution >= 4 is 21.9 Å². The average Bonchev–Trinajstić information content (AvgIpc) is 3.46. The summed E-state index contributed by atoms with van der Waals surface area (Å²) < 4.78 is 26.7. The predicted molar refractivity (Wildman–Crippen MR) is 123 cm³/mol. The zero-order valence-corrected chi connectivity index (χ0v) is 18.8. The smallest absolute Gasteiger partial charge is 0.333 e. The number of nitrogens with one attached hydrogen (secondary N) is 1. The van der Waals surface area contributed by atoms with Crippen LogP contribution in [-0.2, 0) is 14.5 Å². The number of hydrogen-bond acceptors (Lipinski definition) is 8. The number of Topliss-reactive ketones (excluding diaryl/α,β-unsaturated/α-hetero) is 1. The summed E-state index contributed by atoms with van der Waals surface area (Å²) in [5.74, 6) is 3.51. The minimum Gasteiger partial charge on any atom is -0.367 e. The van der Waals surface area contributed by atoms with E-state index in [-0.39, 0.29) is 24.3 Å². The van der Waals surface area contributed by atoms with Crippen LogP contribution in [0, 0.1) is 17.9 Å². The van der Waals surface area contributed by atoms with Gasteiger partial charge in [0.05, 0.1) is 12.2 Å². The lowest BCUT2D eigenvalue weighted by Crippen LogP contribution is -2.22. The van der Waals surface area contributed by atoms with Gasteiger partial charge in [-0.1, -0.05) is 18.2 Å². The fourth-order valence-corrected chi connectivity index (χ4v) is 4.38. The average molecular weight is 468 g/mol. The normalized spacial score (nSPS) is 20.2. The van der Waals surface area contributed by atoms with Crippen LogP contribution in [0.1, 0.15) is 41.6 Å². The summed E-state index contributed by atoms with van der Waals surface area (Å²) in [6.45, 7) is 0.699. The maximum absolute atomic E-state index is 13.2. The van der Waals surface area contributed by atoms with Crippen LogP contribution in [0.25, 0.3) is 0 Å². The molecule has 1 fully saturated rings. The van der Waals surface area contributed by atoms with E-state index in [0.29, 0.717) is 36.3 Å². The molecule has 1 aromatic carbocycles. The third kappa shape index (κ3) is 6.38. The van der Waals surface area contributed by atoms with Crippen molar-refractivity contribution < 1.29 is 17.4 Å². The van der Waals surface area contributed by atoms with Gasteiger partial charge in [-0.2, -0.15) is 8.42 Å². The molecule has 1 aliphatic heterocycles. The third-order valence-electron chi connectivity index (χ3n) is 5.65. The molecule has 2 heterocycles. The van der Waals surface area contributed by atoms with Crippen LogP contribution in [-0.4, -0.2) is 48.3 Å². The number of anilines is 1. The molecule has 1 saturated carbocycles. The summed E-state index contributed by atoms with van der Waals surface area (Å²) in [4.78, 5) is 23.3. The quantitative estimate of drug-likeness (QED) is 0.468. The maximum atomic E-state index is 13.2. The minimum atomic E-state index is -3.95. The number of rotatable bonds is 7. The van der Waals surface area contributed by atoms with Crippen molar-refractivity contribution in [1.29, 1.82) is 0 Å². The number of nitrogens with two attached hydrogens (primary N) is 1. The second-order valence-electron chi connectivity index (χ2n) is 8.11. The van der Waals surface area contributed by atoms with E-state index in [1.54, 1.807) is 6.20 Å². The van der Waals surface area contributed by atoms with Gasteiger partial charge in [0.25, 0.3) is 0 Å². The monoisotopic (exact) mass is 467 g/mol. The Kier molecular flexibility index (Phi) is 7.03. The Morgan fingerprint density at radius 2 is 2.09 bits per heavy atom. The van der Waals surface area contributed by atoms with Gasteiger partial charge in [-0.25, -0.2) is 15.1 Å². The Morgan fingerprint density at radius 1 is 1.27 bits per heavy atom. The van der Waals surface area contributed by atoms with Crippen molar-refractivity contribution in [3.8, 4) is 12.0 Å². The first kappa shape index (κ1) is 22.9. The molecule has 2 atom stereocenters. The number of carbonyl (C=O) groups excluding carboxylic acids is 1. The highest BCUT2D eigenvalue weighted by Crippen LogP contribution is 2.30. The third-order valence-corrected chi connectivity index (χ3v) is 6.11. The van der Waals surface area contributed by atoms with Gasteiger partial charge in [-0.3, -0.25) is 8.98 Å². The van der Waals surface area contributed by atoms with Crippen LogP contribution in [0.15, 0.2) is 54.6 Å². The molecular formula is C23H25N5O4S. The van der Waals surface area contributed by atoms with E-state index in [0.717, 1.165) is 18.4 Å². The Morgan fingerprint density at radius 3 is 2.88 bits per heavy atom. The molecule has 0 amide bonds. The molecule has 10 heteroatoms. The van der Waals surface area contributed by atoms with Gasteiger partial charge in [0.1, 0.15) is 12.1 Å². The fraction of sp³-hybridized carbons (Fsp3) is 0.348. The zero-order valence-electron chi connectivity index (χ0n) is 18.0. The van der Waals surface area contributed by atoms with E-state index < -0.39 is 10.3 Å². The highest BCUT2D eigenvalue weighted by atomic mass is 32.2. The lowest BCUT2D eigenvalue weighted by molar-refractivity contribution is 0.103. The van der Waals surface area contributed by atoms with E-state index in [4.69, 9.17) is 9.32 Å². The first-order valence-electron chi connectivity index (χ1n) is 10.7. The molecule has 9 nitrogen and oxygen atoms in total. The number of ketones is 1. The Labute approximate surface area is 193 Å². The van der Waals surface area contributed by atoms with Gasteiger partial charge < -0.3 is 10.2 Å². The molecule has 2 aliphatic rings. The van der Waals surface area contributed by atoms with Crippen molar-refractivity contribution in [2.75, 3.05) is 18.5 Å². The number of carbonyl (C=O) groups is 1. The Hall–Kier alpha value is -3.26. The van der Waals surface area contributed by atoms with Gasteiger partial charge in [0.2, 0.25) is 0 Å². The molecule has 4 rings (SSSR count). The van der Waals surface area contributed by atoms with E-state index in [9.17, 15) is 13.2 Å². The van der Waals surface area contributed by atoms with Crippen molar-refractivity contribution in [3.05, 3.63) is 65.8 Å². The number of benzene rings is 1. The van der Waals surface area contributed by atoms with Crippen LogP contribution in [0.5, 0.6) is 0 Å². The molecule has 33 heavy (non-hydrogen) atoms. The second kappa shape index (κ2) is 10.1. The summed E-state index contributed by atoms with van der Waals surface area (Å²) >= 11 is 0. The molecule has 0 spiro atoms. The first-order chi connectivity index (χ1) is 15.9. The van der Waals surface area contributed by atoms with Crippen molar-refractivity contribution in [2.24, 2.45) is 11.1 Å². The second-order valence-corrected chi connectivity index (χ2v) is 9.33. The minimum absolute atomic E-state index is 0.0475. The molecule has 3 N–H and O–H groups in total. The Balaban J connectivity index is 1.40. The molecule has 2 aromatic rings. The standard InChI is InChI=1S/C23H25N5O4S/c24-33(30,31)32-15-18-6-7-20(12-18)27-23-21(13-25-16-26-23)22(29)19-9-11-28(14-19)10-8-17-4-2-1-3-5-17/h1-5,13-14,16,18,20H,6-7,9,11-12,15H2,(H2,24,30,31)(H,25,26,27). The largest absolute Gasteiger partial charge is 0.367 e. The number of hydrogen-bond donors (Lipinski definition) is 2. The van der Waals surface area contributed by atoms with Crippen molar-refractivity contribution in [1.82, 2.24) is 14.9 Å². The summed E-state index contributed by atoms with van der Waals surface area (Å²) in [5.41, 5.74) is 1.98. The molecule has 0 radical (unpaired) electrons. The van der Waals surface area contributed by atoms with Gasteiger partial charge >= 0.3 is 10.3 Å². The van der Waals surface area contributed by atoms with Crippen LogP contribution < -0.4 is 10.5 Å². The molecular weight excluding hydrogens is 442 g/mol. The van der Waals surface area contributed by atoms with E-state index >= 15 is 0 Å². The van der Waals surface area contributed by atoms with Crippen LogP contribution in [0.2, 0.25) is 0 Å². The lowest BCUT2D eigenvalue weighted by atomic mass is 10.0. The van der Waals surface area contributed by atoms with Crippen molar-refractivity contribution in [3.63, 3.8) is 0 Å². The SMILES string of the molecule is NS(=O)(=O)OCC1CCC(Nc2ncncc2C(=O)C2=CN(C#Cc3ccccc3)CC2)C1. The van der Waals surface area contributed by atoms with E-state index in [1.165, 1.54) is 12.5 Å². The predicted octanol–water partition coefficient (Wildman–Crippen LogP) is 2.06. The van der Waals surface area contributed by atoms with Gasteiger partial charge in [-0.15, -0.1) is 0 Å². The summed E-state index contributed by atoms with van der Waals surface area (Å²) in [5, 5.41) is 8.23. The highest BCUT2D eigenvalue weighted by molar-refractivity contribution is 7.84. The number of nitrogens with zero attached hydrogens (tertiary/aromatic N) is 3. The van der Waals surface area contributed by atoms with E-state index in [1.807, 2.05) is 35.2 Å². The van der Waals surface area contributed by atoms with Crippen LogP contribution in [0.3, 0.4) is 0 Å². The molecule has 1 aromatic heterocycles. The zero-order chi connectivity index (χ0) is 23.3. The number of aromatic nitrogens is 2. The first-order valence-corrected chi connectivity index (χ1v) is 12.2. The highest BCUT2D eigenvalue weighted by Gasteiger charge is 2.28. The molecule has 1 aliphatic carbocycles. The van der Waals surface area contributed by atoms with Gasteiger partial charge in [0.15, 0.2) is 5.78 Å². The van der Waals surface area contributed by atoms with Crippen molar-refractivity contribution in [2.45, 2.75) is 31.7 Å². The maximum Gasteiger partial charge on any atom is 0.333 e. The van der Waals surface area contributed by atoms with Gasteiger partial charge in [-0.05, 0) is 49.7 Å². The summed E-state index contributed by atoms with van der Waals surface area (Å²) in [6, 6.07) is 12.8. The fourth-order valence-electron chi connectivity index (χ4n) is 4.00. The summed E-state index contributed by atoms with van der Waals surface area (Å²) in [7, 11) is -3.95. The Bertz CT molecular complexity index is 1200. The van der Waals surface area contributed by atoms with Crippen LogP contribution >= 0.6 is 0 Å².